The van der Waals surface area contributed by atoms with Gasteiger partial charge < -0.3 is 9.88 Å². The number of nitrogens with zero attached hydrogens (tertiary/aromatic N) is 3. The van der Waals surface area contributed by atoms with Crippen LogP contribution in [0, 0.1) is 20.8 Å². The van der Waals surface area contributed by atoms with Crippen molar-refractivity contribution in [3.8, 4) is 0 Å². The number of carbonyl (C=O) groups is 1. The Kier molecular flexibility index (Phi) is 3.56. The molecule has 7 heteroatoms. The molecule has 1 unspecified atom stereocenters. The van der Waals surface area contributed by atoms with Crippen LogP contribution in [0.1, 0.15) is 51.9 Å². The first-order chi connectivity index (χ1) is 10.5. The molecule has 0 saturated carbocycles. The minimum Gasteiger partial charge on any atom is -0.330 e. The van der Waals surface area contributed by atoms with E-state index in [4.69, 9.17) is 4.63 Å². The summed E-state index contributed by atoms with van der Waals surface area (Å²) in [6.07, 6.45) is 1.66. The van der Waals surface area contributed by atoms with Gasteiger partial charge in [-0.2, -0.15) is 0 Å². The summed E-state index contributed by atoms with van der Waals surface area (Å²) in [6, 6.07) is 1.63. The summed E-state index contributed by atoms with van der Waals surface area (Å²) in [5.41, 5.74) is 2.64. The fourth-order valence-electron chi connectivity index (χ4n) is 3.10. The van der Waals surface area contributed by atoms with Gasteiger partial charge in [-0.15, -0.1) is 0 Å². The number of aromatic amines is 1. The number of rotatable bonds is 2. The average Bonchev–Trinajstić information content (AvgIpc) is 3.05. The number of nitrogens with one attached hydrogen (secondary N) is 1. The van der Waals surface area contributed by atoms with Gasteiger partial charge in [0.05, 0.1) is 6.04 Å². The Morgan fingerprint density at radius 2 is 2.14 bits per heavy atom. The van der Waals surface area contributed by atoms with Crippen molar-refractivity contribution in [3.63, 3.8) is 0 Å². The van der Waals surface area contributed by atoms with Gasteiger partial charge in [-0.3, -0.25) is 9.59 Å². The second kappa shape index (κ2) is 5.40. The molecule has 1 amide bonds. The Balaban J connectivity index is 1.99. The Labute approximate surface area is 127 Å². The van der Waals surface area contributed by atoms with E-state index in [-0.39, 0.29) is 23.1 Å². The summed E-state index contributed by atoms with van der Waals surface area (Å²) in [6.45, 7) is 5.98. The van der Waals surface area contributed by atoms with Gasteiger partial charge in [-0.05, 0) is 45.2 Å². The Hall–Kier alpha value is -2.44. The largest absolute Gasteiger partial charge is 0.330 e. The van der Waals surface area contributed by atoms with E-state index in [2.05, 4.69) is 15.3 Å². The van der Waals surface area contributed by atoms with Gasteiger partial charge in [0.2, 0.25) is 0 Å². The van der Waals surface area contributed by atoms with Gasteiger partial charge in [0.15, 0.2) is 0 Å². The van der Waals surface area contributed by atoms with Gasteiger partial charge in [-0.25, -0.2) is 4.63 Å². The van der Waals surface area contributed by atoms with Crippen LogP contribution in [0.4, 0.5) is 0 Å². The molecule has 0 aliphatic carbocycles. The zero-order chi connectivity index (χ0) is 15.9. The first kappa shape index (κ1) is 14.5. The number of carbonyl (C=O) groups excluding carboxylic acids is 1. The topological polar surface area (TPSA) is 92.1 Å². The van der Waals surface area contributed by atoms with E-state index in [1.165, 1.54) is 0 Å². The van der Waals surface area contributed by atoms with Gasteiger partial charge in [0.25, 0.3) is 11.5 Å². The Morgan fingerprint density at radius 1 is 1.36 bits per heavy atom. The standard InChI is InChI=1S/C15H18N4O3/c1-8-7-9(2)16-14(20)12(8)15(21)19-6-4-5-11(19)13-10(3)17-22-18-13/h7,11H,4-6H2,1-3H3,(H,16,20). The zero-order valence-electron chi connectivity index (χ0n) is 12.8. The number of hydrogen-bond donors (Lipinski definition) is 1. The van der Waals surface area contributed by atoms with Crippen LogP contribution < -0.4 is 5.56 Å². The van der Waals surface area contributed by atoms with Crippen molar-refractivity contribution in [1.29, 1.82) is 0 Å². The molecule has 116 valence electrons. The van der Waals surface area contributed by atoms with Crippen LogP contribution in [0.5, 0.6) is 0 Å². The molecule has 3 heterocycles. The third-order valence-corrected chi connectivity index (χ3v) is 4.10. The highest BCUT2D eigenvalue weighted by Gasteiger charge is 2.35. The van der Waals surface area contributed by atoms with Gasteiger partial charge in [-0.1, -0.05) is 10.3 Å². The molecular formula is C15H18N4O3. The molecule has 3 rings (SSSR count). The van der Waals surface area contributed by atoms with E-state index in [9.17, 15) is 9.59 Å². The Morgan fingerprint density at radius 3 is 2.77 bits per heavy atom. The normalized spacial score (nSPS) is 18.0. The van der Waals surface area contributed by atoms with Crippen LogP contribution in [-0.2, 0) is 0 Å². The number of hydrogen-bond acceptors (Lipinski definition) is 5. The van der Waals surface area contributed by atoms with E-state index in [1.807, 2.05) is 6.07 Å². The van der Waals surface area contributed by atoms with Crippen molar-refractivity contribution in [2.24, 2.45) is 0 Å². The molecule has 0 spiro atoms. The first-order valence-corrected chi connectivity index (χ1v) is 7.29. The molecule has 1 aliphatic rings. The Bertz CT molecular complexity index is 777. The molecule has 1 fully saturated rings. The number of H-pyrrole nitrogens is 1. The zero-order valence-corrected chi connectivity index (χ0v) is 12.8. The highest BCUT2D eigenvalue weighted by molar-refractivity contribution is 5.95. The van der Waals surface area contributed by atoms with Gasteiger partial charge in [0, 0.05) is 12.2 Å². The summed E-state index contributed by atoms with van der Waals surface area (Å²) in [4.78, 5) is 29.4. The highest BCUT2D eigenvalue weighted by atomic mass is 16.6. The quantitative estimate of drug-likeness (QED) is 0.910. The lowest BCUT2D eigenvalue weighted by Crippen LogP contribution is -2.35. The molecule has 2 aromatic heterocycles. The average molecular weight is 302 g/mol. The molecule has 0 bridgehead atoms. The minimum absolute atomic E-state index is 0.182. The first-order valence-electron chi connectivity index (χ1n) is 7.29. The van der Waals surface area contributed by atoms with Crippen molar-refractivity contribution in [2.75, 3.05) is 6.54 Å². The van der Waals surface area contributed by atoms with E-state index < -0.39 is 0 Å². The summed E-state index contributed by atoms with van der Waals surface area (Å²) in [5.74, 6) is -0.261. The van der Waals surface area contributed by atoms with Gasteiger partial charge >= 0.3 is 0 Å². The monoisotopic (exact) mass is 302 g/mol. The molecule has 0 radical (unpaired) electrons. The maximum Gasteiger partial charge on any atom is 0.261 e. The van der Waals surface area contributed by atoms with Crippen LogP contribution in [0.15, 0.2) is 15.5 Å². The van der Waals surface area contributed by atoms with Crippen LogP contribution >= 0.6 is 0 Å². The minimum atomic E-state index is -0.344. The van der Waals surface area contributed by atoms with Crippen molar-refractivity contribution < 1.29 is 9.42 Å². The molecule has 1 N–H and O–H groups in total. The van der Waals surface area contributed by atoms with Crippen molar-refractivity contribution in [2.45, 2.75) is 39.7 Å². The number of likely N-dealkylation sites (tertiary alicyclic amines) is 1. The predicted molar refractivity (Wildman–Crippen MR) is 78.6 cm³/mol. The molecule has 1 aliphatic heterocycles. The van der Waals surface area contributed by atoms with Gasteiger partial charge in [0.1, 0.15) is 17.0 Å². The predicted octanol–water partition coefficient (Wildman–Crippen LogP) is 1.66. The van der Waals surface area contributed by atoms with Crippen LogP contribution in [0.2, 0.25) is 0 Å². The smallest absolute Gasteiger partial charge is 0.261 e. The molecule has 0 aromatic carbocycles. The van der Waals surface area contributed by atoms with Crippen molar-refractivity contribution >= 4 is 5.91 Å². The lowest BCUT2D eigenvalue weighted by Gasteiger charge is -2.23. The highest BCUT2D eigenvalue weighted by Crippen LogP contribution is 2.33. The van der Waals surface area contributed by atoms with Crippen LogP contribution in [0.25, 0.3) is 0 Å². The lowest BCUT2D eigenvalue weighted by molar-refractivity contribution is 0.0727. The summed E-state index contributed by atoms with van der Waals surface area (Å²) >= 11 is 0. The van der Waals surface area contributed by atoms with Crippen molar-refractivity contribution in [1.82, 2.24) is 20.2 Å². The van der Waals surface area contributed by atoms with E-state index in [0.29, 0.717) is 23.5 Å². The summed E-state index contributed by atoms with van der Waals surface area (Å²) in [5, 5.41) is 7.70. The molecule has 1 saturated heterocycles. The SMILES string of the molecule is Cc1cc(C)c(C(=O)N2CCCC2c2nonc2C)c(=O)[nH]1. The maximum absolute atomic E-state index is 12.8. The molecule has 2 aromatic rings. The fourth-order valence-corrected chi connectivity index (χ4v) is 3.10. The molecule has 22 heavy (non-hydrogen) atoms. The van der Waals surface area contributed by atoms with Crippen LogP contribution in [-0.4, -0.2) is 32.6 Å². The third-order valence-electron chi connectivity index (χ3n) is 4.10. The number of aromatic nitrogens is 3. The van der Waals surface area contributed by atoms with E-state index in [1.54, 1.807) is 25.7 Å². The van der Waals surface area contributed by atoms with E-state index >= 15 is 0 Å². The maximum atomic E-state index is 12.8. The number of amides is 1. The molecular weight excluding hydrogens is 284 g/mol. The van der Waals surface area contributed by atoms with Crippen molar-refractivity contribution in [3.05, 3.63) is 44.6 Å². The molecule has 1 atom stereocenters. The summed E-state index contributed by atoms with van der Waals surface area (Å²) in [7, 11) is 0. The van der Waals surface area contributed by atoms with Crippen LogP contribution in [0.3, 0.4) is 0 Å². The number of pyridine rings is 1. The third kappa shape index (κ3) is 2.32. The fraction of sp³-hybridized carbons (Fsp3) is 0.467. The lowest BCUT2D eigenvalue weighted by atomic mass is 10.1. The van der Waals surface area contributed by atoms with E-state index in [0.717, 1.165) is 18.5 Å². The second-order valence-corrected chi connectivity index (χ2v) is 5.73. The molecule has 7 nitrogen and oxygen atoms in total. The summed E-state index contributed by atoms with van der Waals surface area (Å²) < 4.78 is 4.75. The second-order valence-electron chi connectivity index (χ2n) is 5.73. The number of aryl methyl sites for hydroxylation is 3.